The number of sulfonamides is 1. The van der Waals surface area contributed by atoms with Crippen LogP contribution in [0.5, 0.6) is 0 Å². The second-order valence-electron chi connectivity index (χ2n) is 5.50. The molecule has 1 saturated heterocycles. The number of aryl methyl sites for hydroxylation is 1. The first-order valence-electron chi connectivity index (χ1n) is 7.74. The number of carbonyl (C=O) groups is 1. The minimum absolute atomic E-state index is 0.147. The van der Waals surface area contributed by atoms with Gasteiger partial charge in [-0.05, 0) is 31.0 Å². The number of amides is 1. The Morgan fingerprint density at radius 2 is 2.21 bits per heavy atom. The topological polar surface area (TPSA) is 92.3 Å². The number of carbonyl (C=O) groups excluding carboxylic acids is 1. The van der Waals surface area contributed by atoms with Crippen molar-refractivity contribution in [1.29, 1.82) is 0 Å². The van der Waals surface area contributed by atoms with E-state index in [4.69, 9.17) is 0 Å². The Hall–Kier alpha value is -2.00. The Morgan fingerprint density at radius 3 is 2.92 bits per heavy atom. The summed E-state index contributed by atoms with van der Waals surface area (Å²) >= 11 is 1.35. The average Bonchev–Trinajstić information content (AvgIpc) is 3.13. The van der Waals surface area contributed by atoms with E-state index < -0.39 is 10.0 Å². The van der Waals surface area contributed by atoms with Gasteiger partial charge < -0.3 is 0 Å². The van der Waals surface area contributed by atoms with Crippen molar-refractivity contribution in [3.8, 4) is 0 Å². The third-order valence-corrected chi connectivity index (χ3v) is 6.41. The van der Waals surface area contributed by atoms with Gasteiger partial charge in [-0.1, -0.05) is 24.3 Å². The van der Waals surface area contributed by atoms with Crippen LogP contribution in [0, 0.1) is 0 Å². The first-order valence-corrected chi connectivity index (χ1v) is 10.2. The van der Waals surface area contributed by atoms with Gasteiger partial charge in [0.05, 0.1) is 11.4 Å². The predicted octanol–water partition coefficient (Wildman–Crippen LogP) is 2.28. The highest BCUT2D eigenvalue weighted by Gasteiger charge is 2.28. The maximum Gasteiger partial charge on any atom is 0.257 e. The molecule has 0 bridgehead atoms. The van der Waals surface area contributed by atoms with Crippen LogP contribution in [-0.2, 0) is 16.4 Å². The lowest BCUT2D eigenvalue weighted by Gasteiger charge is -2.17. The van der Waals surface area contributed by atoms with Crippen molar-refractivity contribution < 1.29 is 13.2 Å². The highest BCUT2D eigenvalue weighted by Crippen LogP contribution is 2.25. The molecule has 3 rings (SSSR count). The first-order chi connectivity index (χ1) is 11.5. The second-order valence-corrected chi connectivity index (χ2v) is 8.57. The molecule has 1 N–H and O–H groups in total. The van der Waals surface area contributed by atoms with Gasteiger partial charge in [-0.25, -0.2) is 8.42 Å². The molecule has 1 aliphatic heterocycles. The van der Waals surface area contributed by atoms with Crippen LogP contribution in [0.25, 0.3) is 0 Å². The first kappa shape index (κ1) is 16.8. The van der Waals surface area contributed by atoms with E-state index in [0.29, 0.717) is 29.3 Å². The van der Waals surface area contributed by atoms with Gasteiger partial charge in [-0.3, -0.25) is 14.4 Å². The van der Waals surface area contributed by atoms with Gasteiger partial charge in [0, 0.05) is 18.5 Å². The Labute approximate surface area is 144 Å². The van der Waals surface area contributed by atoms with Gasteiger partial charge in [0.25, 0.3) is 5.91 Å². The number of nitrogens with zero attached hydrogens (tertiary/aromatic N) is 3. The summed E-state index contributed by atoms with van der Waals surface area (Å²) < 4.78 is 25.4. The zero-order valence-electron chi connectivity index (χ0n) is 13.2. The zero-order chi connectivity index (χ0) is 17.2. The van der Waals surface area contributed by atoms with Gasteiger partial charge in [0.2, 0.25) is 15.2 Å². The zero-order valence-corrected chi connectivity index (χ0v) is 14.9. The molecule has 0 radical (unpaired) electrons. The summed E-state index contributed by atoms with van der Waals surface area (Å²) in [6.07, 6.45) is 2.40. The molecule has 0 aliphatic carbocycles. The summed E-state index contributed by atoms with van der Waals surface area (Å²) in [6.45, 7) is 2.50. The fourth-order valence-electron chi connectivity index (χ4n) is 2.52. The molecule has 1 fully saturated rings. The maximum absolute atomic E-state index is 12.4. The Balaban J connectivity index is 1.76. The average molecular weight is 366 g/mol. The molecule has 0 unspecified atom stereocenters. The molecule has 1 aliphatic rings. The maximum atomic E-state index is 12.4. The van der Waals surface area contributed by atoms with Gasteiger partial charge in [0.1, 0.15) is 5.01 Å². The van der Waals surface area contributed by atoms with Crippen LogP contribution in [0.15, 0.2) is 24.3 Å². The number of rotatable bonds is 5. The van der Waals surface area contributed by atoms with Crippen molar-refractivity contribution >= 4 is 38.1 Å². The Bertz CT molecular complexity index is 848. The fourth-order valence-corrected chi connectivity index (χ4v) is 4.91. The van der Waals surface area contributed by atoms with Crippen LogP contribution >= 0.6 is 11.3 Å². The van der Waals surface area contributed by atoms with E-state index in [-0.39, 0.29) is 11.7 Å². The molecular formula is C15H18N4O3S2. The molecule has 1 aromatic carbocycles. The molecular weight excluding hydrogens is 348 g/mol. The second kappa shape index (κ2) is 6.86. The van der Waals surface area contributed by atoms with Crippen molar-refractivity contribution in [2.24, 2.45) is 0 Å². The summed E-state index contributed by atoms with van der Waals surface area (Å²) in [5.41, 5.74) is 0.908. The molecule has 9 heteroatoms. The number of hydrogen-bond donors (Lipinski definition) is 1. The lowest BCUT2D eigenvalue weighted by atomic mass is 10.2. The molecule has 2 heterocycles. The van der Waals surface area contributed by atoms with Crippen LogP contribution in [0.3, 0.4) is 0 Å². The van der Waals surface area contributed by atoms with E-state index in [1.54, 1.807) is 24.3 Å². The van der Waals surface area contributed by atoms with Crippen LogP contribution < -0.4 is 9.62 Å². The number of anilines is 2. The molecule has 1 aromatic heterocycles. The summed E-state index contributed by atoms with van der Waals surface area (Å²) in [5.74, 6) is -0.179. The minimum atomic E-state index is -3.26. The van der Waals surface area contributed by atoms with Crippen molar-refractivity contribution in [1.82, 2.24) is 10.2 Å². The highest BCUT2D eigenvalue weighted by molar-refractivity contribution is 7.93. The van der Waals surface area contributed by atoms with Crippen LogP contribution in [0.2, 0.25) is 0 Å². The van der Waals surface area contributed by atoms with E-state index in [0.717, 1.165) is 17.8 Å². The number of benzene rings is 1. The molecule has 24 heavy (non-hydrogen) atoms. The Morgan fingerprint density at radius 1 is 1.38 bits per heavy atom. The van der Waals surface area contributed by atoms with Gasteiger partial charge >= 0.3 is 0 Å². The minimum Gasteiger partial charge on any atom is -0.296 e. The monoisotopic (exact) mass is 366 g/mol. The summed E-state index contributed by atoms with van der Waals surface area (Å²) in [5, 5.41) is 12.0. The van der Waals surface area contributed by atoms with Crippen LogP contribution in [0.4, 0.5) is 10.8 Å². The third-order valence-electron chi connectivity index (χ3n) is 3.65. The summed E-state index contributed by atoms with van der Waals surface area (Å²) in [4.78, 5) is 12.4. The van der Waals surface area contributed by atoms with Crippen molar-refractivity contribution in [2.45, 2.75) is 26.2 Å². The molecule has 2 aromatic rings. The molecule has 0 spiro atoms. The largest absolute Gasteiger partial charge is 0.296 e. The molecule has 7 nitrogen and oxygen atoms in total. The van der Waals surface area contributed by atoms with Gasteiger partial charge in [0.15, 0.2) is 0 Å². The van der Waals surface area contributed by atoms with Crippen LogP contribution in [-0.4, -0.2) is 36.8 Å². The highest BCUT2D eigenvalue weighted by atomic mass is 32.2. The number of aromatic nitrogens is 2. The van der Waals surface area contributed by atoms with E-state index in [1.165, 1.54) is 15.6 Å². The normalized spacial score (nSPS) is 16.3. The van der Waals surface area contributed by atoms with Crippen molar-refractivity contribution in [3.63, 3.8) is 0 Å². The fraction of sp³-hybridized carbons (Fsp3) is 0.400. The predicted molar refractivity (Wildman–Crippen MR) is 94.0 cm³/mol. The molecule has 128 valence electrons. The summed E-state index contributed by atoms with van der Waals surface area (Å²) in [6, 6.07) is 6.62. The number of nitrogens with one attached hydrogen (secondary N) is 1. The Kier molecular flexibility index (Phi) is 4.81. The van der Waals surface area contributed by atoms with E-state index in [1.807, 2.05) is 0 Å². The molecule has 0 atom stereocenters. The van der Waals surface area contributed by atoms with Gasteiger partial charge in [-0.2, -0.15) is 0 Å². The van der Waals surface area contributed by atoms with E-state index in [9.17, 15) is 13.2 Å². The van der Waals surface area contributed by atoms with Crippen LogP contribution in [0.1, 0.15) is 35.1 Å². The van der Waals surface area contributed by atoms with E-state index in [2.05, 4.69) is 22.4 Å². The lowest BCUT2D eigenvalue weighted by molar-refractivity contribution is 0.102. The standard InChI is InChI=1S/C15H18N4O3S2/c1-2-5-13-17-18-15(23-13)16-14(20)11-6-3-7-12(10-11)19-8-4-9-24(19,21)22/h3,6-7,10H,2,4-5,8-9H2,1H3,(H,16,18,20). The quantitative estimate of drug-likeness (QED) is 0.876. The number of hydrogen-bond acceptors (Lipinski definition) is 6. The molecule has 1 amide bonds. The van der Waals surface area contributed by atoms with Gasteiger partial charge in [-0.15, -0.1) is 10.2 Å². The SMILES string of the molecule is CCCc1nnc(NC(=O)c2cccc(N3CCCS3(=O)=O)c2)s1. The molecule has 0 saturated carbocycles. The smallest absolute Gasteiger partial charge is 0.257 e. The van der Waals surface area contributed by atoms with E-state index >= 15 is 0 Å². The summed E-state index contributed by atoms with van der Waals surface area (Å²) in [7, 11) is -3.26. The van der Waals surface area contributed by atoms with Crippen molar-refractivity contribution in [3.05, 3.63) is 34.8 Å². The van der Waals surface area contributed by atoms with Crippen molar-refractivity contribution in [2.75, 3.05) is 21.9 Å². The third kappa shape index (κ3) is 3.57. The lowest BCUT2D eigenvalue weighted by Crippen LogP contribution is -2.25.